The molecular weight excluding hydrogens is 444 g/mol. The molecule has 0 bridgehead atoms. The summed E-state index contributed by atoms with van der Waals surface area (Å²) in [6, 6.07) is 36.0. The summed E-state index contributed by atoms with van der Waals surface area (Å²) < 4.78 is 8.93. The first-order chi connectivity index (χ1) is 16.3. The molecule has 0 fully saturated rings. The van der Waals surface area contributed by atoms with Crippen molar-refractivity contribution in [2.75, 3.05) is 0 Å². The molecule has 156 valence electrons. The highest BCUT2D eigenvalue weighted by atomic mass is 35.5. The predicted octanol–water partition coefficient (Wildman–Crippen LogP) is 9.94. The van der Waals surface area contributed by atoms with Gasteiger partial charge in [-0.3, -0.25) is 0 Å². The van der Waals surface area contributed by atoms with Gasteiger partial charge in [0.2, 0.25) is 0 Å². The molecule has 0 aliphatic rings. The van der Waals surface area contributed by atoms with Crippen molar-refractivity contribution in [2.45, 2.75) is 0 Å². The molecular formula is C30H17ClOS. The molecule has 0 amide bonds. The van der Waals surface area contributed by atoms with Gasteiger partial charge in [-0.05, 0) is 47.0 Å². The van der Waals surface area contributed by atoms with E-state index in [1.54, 1.807) is 0 Å². The first-order valence-electron chi connectivity index (χ1n) is 10.9. The highest BCUT2D eigenvalue weighted by molar-refractivity contribution is 7.26. The molecule has 0 saturated carbocycles. The lowest BCUT2D eigenvalue weighted by Gasteiger charge is -2.08. The van der Waals surface area contributed by atoms with Crippen LogP contribution >= 0.6 is 22.9 Å². The van der Waals surface area contributed by atoms with Crippen molar-refractivity contribution < 1.29 is 4.42 Å². The van der Waals surface area contributed by atoms with E-state index in [2.05, 4.69) is 78.9 Å². The Kier molecular flexibility index (Phi) is 4.14. The molecule has 1 nitrogen and oxygen atoms in total. The molecule has 5 aromatic carbocycles. The second-order valence-corrected chi connectivity index (χ2v) is 9.72. The van der Waals surface area contributed by atoms with Crippen LogP contribution in [0.1, 0.15) is 0 Å². The maximum Gasteiger partial charge on any atom is 0.144 e. The van der Waals surface area contributed by atoms with Crippen LogP contribution in [-0.2, 0) is 0 Å². The summed E-state index contributed by atoms with van der Waals surface area (Å²) in [5.41, 5.74) is 6.31. The van der Waals surface area contributed by atoms with Crippen molar-refractivity contribution in [3.8, 4) is 22.3 Å². The SMILES string of the molecule is Clc1ccc(-c2cccc(-c3cccc4c3sc3ccccc34)c2)c2oc3ccccc3c12. The van der Waals surface area contributed by atoms with Gasteiger partial charge in [0.05, 0.1) is 5.02 Å². The van der Waals surface area contributed by atoms with Gasteiger partial charge in [0, 0.05) is 36.5 Å². The van der Waals surface area contributed by atoms with Crippen LogP contribution in [0.2, 0.25) is 5.02 Å². The number of hydrogen-bond donors (Lipinski definition) is 0. The van der Waals surface area contributed by atoms with Crippen LogP contribution < -0.4 is 0 Å². The molecule has 0 aliphatic carbocycles. The summed E-state index contributed by atoms with van der Waals surface area (Å²) >= 11 is 8.47. The highest BCUT2D eigenvalue weighted by Crippen LogP contribution is 2.43. The number of rotatable bonds is 2. The first kappa shape index (κ1) is 18.9. The third kappa shape index (κ3) is 2.85. The van der Waals surface area contributed by atoms with E-state index < -0.39 is 0 Å². The summed E-state index contributed by atoms with van der Waals surface area (Å²) in [4.78, 5) is 0. The molecule has 3 heteroatoms. The third-order valence-electron chi connectivity index (χ3n) is 6.36. The maximum absolute atomic E-state index is 6.61. The van der Waals surface area contributed by atoms with Crippen LogP contribution in [0, 0.1) is 0 Å². The molecule has 0 aliphatic heterocycles. The topological polar surface area (TPSA) is 13.1 Å². The van der Waals surface area contributed by atoms with Crippen molar-refractivity contribution in [3.63, 3.8) is 0 Å². The normalized spacial score (nSPS) is 11.8. The zero-order valence-electron chi connectivity index (χ0n) is 17.5. The van der Waals surface area contributed by atoms with Gasteiger partial charge in [0.25, 0.3) is 0 Å². The van der Waals surface area contributed by atoms with Crippen LogP contribution in [0.3, 0.4) is 0 Å². The molecule has 0 N–H and O–H groups in total. The van der Waals surface area contributed by atoms with E-state index >= 15 is 0 Å². The first-order valence-corrected chi connectivity index (χ1v) is 12.1. The Balaban J connectivity index is 1.46. The molecule has 7 rings (SSSR count). The van der Waals surface area contributed by atoms with Gasteiger partial charge in [0.15, 0.2) is 0 Å². The monoisotopic (exact) mass is 460 g/mol. The van der Waals surface area contributed by atoms with E-state index in [9.17, 15) is 0 Å². The van der Waals surface area contributed by atoms with Crippen molar-refractivity contribution in [3.05, 3.63) is 108 Å². The lowest BCUT2D eigenvalue weighted by molar-refractivity contribution is 0.670. The highest BCUT2D eigenvalue weighted by Gasteiger charge is 2.16. The summed E-state index contributed by atoms with van der Waals surface area (Å²) in [6.45, 7) is 0. The number of thiophene rings is 1. The second kappa shape index (κ2) is 7.21. The van der Waals surface area contributed by atoms with E-state index in [0.29, 0.717) is 5.02 Å². The number of para-hydroxylation sites is 1. The molecule has 2 aromatic heterocycles. The number of benzene rings is 5. The Bertz CT molecular complexity index is 1840. The van der Waals surface area contributed by atoms with Crippen LogP contribution in [-0.4, -0.2) is 0 Å². The molecule has 0 atom stereocenters. The quantitative estimate of drug-likeness (QED) is 0.250. The standard InChI is InChI=1S/C30H17ClOS/c31-25-16-15-20(29-28(25)24-10-1-3-13-26(24)32-29)18-7-5-8-19(17-18)21-11-6-12-23-22-9-2-4-14-27(22)33-30(21)23/h1-17H. The van der Waals surface area contributed by atoms with Gasteiger partial charge >= 0.3 is 0 Å². The fraction of sp³-hybridized carbons (Fsp3) is 0. The molecule has 2 heterocycles. The predicted molar refractivity (Wildman–Crippen MR) is 142 cm³/mol. The maximum atomic E-state index is 6.61. The second-order valence-electron chi connectivity index (χ2n) is 8.26. The van der Waals surface area contributed by atoms with Gasteiger partial charge in [0.1, 0.15) is 11.2 Å². The van der Waals surface area contributed by atoms with Crippen molar-refractivity contribution in [2.24, 2.45) is 0 Å². The molecule has 0 spiro atoms. The minimum atomic E-state index is 0.713. The van der Waals surface area contributed by atoms with Crippen molar-refractivity contribution in [1.82, 2.24) is 0 Å². The summed E-state index contributed by atoms with van der Waals surface area (Å²) in [6.07, 6.45) is 0. The van der Waals surface area contributed by atoms with Crippen LogP contribution in [0.4, 0.5) is 0 Å². The minimum Gasteiger partial charge on any atom is -0.455 e. The van der Waals surface area contributed by atoms with Gasteiger partial charge in [-0.15, -0.1) is 11.3 Å². The molecule has 33 heavy (non-hydrogen) atoms. The number of hydrogen-bond acceptors (Lipinski definition) is 2. The Labute approximate surface area is 199 Å². The van der Waals surface area contributed by atoms with Gasteiger partial charge in [-0.2, -0.15) is 0 Å². The average Bonchev–Trinajstić information content (AvgIpc) is 3.43. The lowest BCUT2D eigenvalue weighted by Crippen LogP contribution is -1.83. The number of halogens is 1. The lowest BCUT2D eigenvalue weighted by atomic mass is 9.97. The third-order valence-corrected chi connectivity index (χ3v) is 7.90. The van der Waals surface area contributed by atoms with E-state index in [1.807, 2.05) is 35.6 Å². The summed E-state index contributed by atoms with van der Waals surface area (Å²) in [7, 11) is 0. The molecule has 0 unspecified atom stereocenters. The average molecular weight is 461 g/mol. The zero-order chi connectivity index (χ0) is 21.9. The Morgan fingerprint density at radius 1 is 0.606 bits per heavy atom. The molecule has 7 aromatic rings. The van der Waals surface area contributed by atoms with E-state index in [0.717, 1.165) is 33.1 Å². The number of fused-ring (bicyclic) bond motifs is 6. The summed E-state index contributed by atoms with van der Waals surface area (Å²) in [5, 5.41) is 5.36. The van der Waals surface area contributed by atoms with Crippen LogP contribution in [0.15, 0.2) is 108 Å². The van der Waals surface area contributed by atoms with Crippen LogP contribution in [0.5, 0.6) is 0 Å². The fourth-order valence-electron chi connectivity index (χ4n) is 4.84. The Morgan fingerprint density at radius 2 is 1.33 bits per heavy atom. The smallest absolute Gasteiger partial charge is 0.144 e. The van der Waals surface area contributed by atoms with E-state index in [1.165, 1.54) is 31.3 Å². The molecule has 0 radical (unpaired) electrons. The van der Waals surface area contributed by atoms with Crippen molar-refractivity contribution in [1.29, 1.82) is 0 Å². The Morgan fingerprint density at radius 3 is 2.24 bits per heavy atom. The fourth-order valence-corrected chi connectivity index (χ4v) is 6.33. The summed E-state index contributed by atoms with van der Waals surface area (Å²) in [5.74, 6) is 0. The molecule has 0 saturated heterocycles. The van der Waals surface area contributed by atoms with Gasteiger partial charge in [-0.25, -0.2) is 0 Å². The number of furan rings is 1. The van der Waals surface area contributed by atoms with Crippen LogP contribution in [0.25, 0.3) is 64.4 Å². The largest absolute Gasteiger partial charge is 0.455 e. The zero-order valence-corrected chi connectivity index (χ0v) is 19.1. The van der Waals surface area contributed by atoms with E-state index in [-0.39, 0.29) is 0 Å². The van der Waals surface area contributed by atoms with Gasteiger partial charge < -0.3 is 4.42 Å². The van der Waals surface area contributed by atoms with Crippen molar-refractivity contribution >= 4 is 65.0 Å². The minimum absolute atomic E-state index is 0.713. The Hall–Kier alpha value is -3.59. The van der Waals surface area contributed by atoms with Gasteiger partial charge in [-0.1, -0.05) is 84.4 Å². The van der Waals surface area contributed by atoms with E-state index in [4.69, 9.17) is 16.0 Å².